The van der Waals surface area contributed by atoms with Crippen LogP contribution in [-0.2, 0) is 27.4 Å². The molecule has 1 aliphatic rings. The second kappa shape index (κ2) is 11.1. The number of fused-ring (bicyclic) bond motifs is 1. The summed E-state index contributed by atoms with van der Waals surface area (Å²) >= 11 is 0. The van der Waals surface area contributed by atoms with Crippen molar-refractivity contribution in [2.24, 2.45) is 0 Å². The molecule has 1 aliphatic carbocycles. The van der Waals surface area contributed by atoms with E-state index in [9.17, 15) is 53.6 Å². The van der Waals surface area contributed by atoms with Crippen LogP contribution in [-0.4, -0.2) is 53.1 Å². The van der Waals surface area contributed by atoms with Gasteiger partial charge in [-0.25, -0.2) is 22.2 Å². The standard InChI is InChI=1S/C25H21F8N5O3S/c26-14-5-6-15(16(27)11-14)20(24(28,29)30)35-18(21(39)37-23(13-34)7-8-23)12-42(40,41)10-9-38-19-4-2-1-3-17(19)36-22(38)25(31,32)33/h1-6,11,18,20,35H,7-10,12H2,(H,37,39)/t18?,20-/m1/s1. The van der Waals surface area contributed by atoms with E-state index >= 15 is 0 Å². The van der Waals surface area contributed by atoms with E-state index in [2.05, 4.69) is 10.3 Å². The SMILES string of the molecule is N#CC1(NC(=O)C(CS(=O)(=O)CCn2c(C(F)(F)F)nc3ccccc32)N[C@H](c2ccc(F)cc2F)C(F)(F)F)CC1. The average Bonchev–Trinajstić information content (AvgIpc) is 3.54. The molecule has 0 spiro atoms. The molecule has 1 fully saturated rings. The fourth-order valence-corrected chi connectivity index (χ4v) is 5.68. The number of sulfone groups is 1. The second-order valence-corrected chi connectivity index (χ2v) is 12.0. The van der Waals surface area contributed by atoms with Gasteiger partial charge in [0.15, 0.2) is 9.84 Å². The third-order valence-electron chi connectivity index (χ3n) is 6.57. The molecule has 2 aromatic carbocycles. The molecule has 0 saturated heterocycles. The van der Waals surface area contributed by atoms with Crippen molar-refractivity contribution in [3.05, 3.63) is 65.5 Å². The van der Waals surface area contributed by atoms with Crippen molar-refractivity contribution in [2.45, 2.75) is 49.4 Å². The van der Waals surface area contributed by atoms with E-state index in [4.69, 9.17) is 0 Å². The summed E-state index contributed by atoms with van der Waals surface area (Å²) in [4.78, 5) is 16.5. The molecule has 2 N–H and O–H groups in total. The van der Waals surface area contributed by atoms with E-state index in [1.54, 1.807) is 11.4 Å². The van der Waals surface area contributed by atoms with Gasteiger partial charge in [-0.3, -0.25) is 10.1 Å². The number of nitrogens with zero attached hydrogens (tertiary/aromatic N) is 3. The Bertz CT molecular complexity index is 1640. The fraction of sp³-hybridized carbons (Fsp3) is 0.400. The van der Waals surface area contributed by atoms with Gasteiger partial charge >= 0.3 is 12.4 Å². The maximum absolute atomic E-state index is 14.4. The summed E-state index contributed by atoms with van der Waals surface area (Å²) in [7, 11) is -4.61. The van der Waals surface area contributed by atoms with E-state index in [1.165, 1.54) is 24.3 Å². The molecule has 1 amide bonds. The number of carbonyl (C=O) groups is 1. The lowest BCUT2D eigenvalue weighted by Crippen LogP contribution is -2.54. The minimum atomic E-state index is -5.31. The highest BCUT2D eigenvalue weighted by Crippen LogP contribution is 2.37. The number of alkyl halides is 6. The Morgan fingerprint density at radius 1 is 1.10 bits per heavy atom. The van der Waals surface area contributed by atoms with E-state index in [0.717, 1.165) is 0 Å². The Balaban J connectivity index is 1.64. The Morgan fingerprint density at radius 3 is 2.33 bits per heavy atom. The Kier molecular flexibility index (Phi) is 8.26. The molecule has 8 nitrogen and oxygen atoms in total. The van der Waals surface area contributed by atoms with Gasteiger partial charge in [-0.15, -0.1) is 0 Å². The Hall–Kier alpha value is -3.78. The van der Waals surface area contributed by atoms with Gasteiger partial charge in [0.1, 0.15) is 29.3 Å². The average molecular weight is 624 g/mol. The van der Waals surface area contributed by atoms with Gasteiger partial charge in [0, 0.05) is 18.2 Å². The predicted octanol–water partition coefficient (Wildman–Crippen LogP) is 4.18. The molecular weight excluding hydrogens is 602 g/mol. The van der Waals surface area contributed by atoms with Gasteiger partial charge in [-0.2, -0.15) is 31.6 Å². The van der Waals surface area contributed by atoms with Crippen LogP contribution >= 0.6 is 0 Å². The number of carbonyl (C=O) groups excluding carboxylic acids is 1. The van der Waals surface area contributed by atoms with Crippen LogP contribution < -0.4 is 10.6 Å². The molecule has 42 heavy (non-hydrogen) atoms. The number of aromatic nitrogens is 2. The first-order valence-corrected chi connectivity index (χ1v) is 14.0. The van der Waals surface area contributed by atoms with Gasteiger partial charge in [0.25, 0.3) is 0 Å². The maximum Gasteiger partial charge on any atom is 0.449 e. The van der Waals surface area contributed by atoms with E-state index in [0.29, 0.717) is 16.7 Å². The van der Waals surface area contributed by atoms with Crippen molar-refractivity contribution in [3.8, 4) is 6.07 Å². The highest BCUT2D eigenvalue weighted by molar-refractivity contribution is 7.91. The van der Waals surface area contributed by atoms with Crippen molar-refractivity contribution < 1.29 is 48.3 Å². The monoisotopic (exact) mass is 623 g/mol. The number of benzene rings is 2. The summed E-state index contributed by atoms with van der Waals surface area (Å²) in [5, 5.41) is 13.2. The third-order valence-corrected chi connectivity index (χ3v) is 8.21. The maximum atomic E-state index is 14.4. The quantitative estimate of drug-likeness (QED) is 0.328. The highest BCUT2D eigenvalue weighted by atomic mass is 32.2. The summed E-state index contributed by atoms with van der Waals surface area (Å²) in [5.74, 6) is -7.96. The molecule has 1 aromatic heterocycles. The van der Waals surface area contributed by atoms with Gasteiger partial charge in [-0.1, -0.05) is 18.2 Å². The van der Waals surface area contributed by atoms with E-state index in [-0.39, 0.29) is 29.9 Å². The zero-order valence-electron chi connectivity index (χ0n) is 21.2. The number of nitrogens with one attached hydrogen (secondary N) is 2. The number of amides is 1. The van der Waals surface area contributed by atoms with Gasteiger partial charge in [-0.05, 0) is 31.0 Å². The molecule has 0 bridgehead atoms. The Morgan fingerprint density at radius 2 is 1.76 bits per heavy atom. The molecule has 226 valence electrons. The van der Waals surface area contributed by atoms with Crippen molar-refractivity contribution in [2.75, 3.05) is 11.5 Å². The summed E-state index contributed by atoms with van der Waals surface area (Å²) in [5.41, 5.74) is -2.71. The normalized spacial score (nSPS) is 16.5. The van der Waals surface area contributed by atoms with Crippen molar-refractivity contribution in [1.82, 2.24) is 20.2 Å². The van der Waals surface area contributed by atoms with E-state index < -0.39 is 86.8 Å². The summed E-state index contributed by atoms with van der Waals surface area (Å²) in [6.45, 7) is -0.816. The second-order valence-electron chi connectivity index (χ2n) is 9.73. The number of imidazole rings is 1. The van der Waals surface area contributed by atoms with Gasteiger partial charge in [0.05, 0.1) is 28.6 Å². The molecule has 1 saturated carbocycles. The largest absolute Gasteiger partial charge is 0.449 e. The highest BCUT2D eigenvalue weighted by Gasteiger charge is 2.49. The number of hydrogen-bond donors (Lipinski definition) is 2. The fourth-order valence-electron chi connectivity index (χ4n) is 4.30. The molecular formula is C25H21F8N5O3S. The van der Waals surface area contributed by atoms with Crippen LogP contribution in [0.1, 0.15) is 30.3 Å². The first kappa shape index (κ1) is 31.2. The molecule has 3 aromatic rings. The van der Waals surface area contributed by atoms with Crippen molar-refractivity contribution in [3.63, 3.8) is 0 Å². The molecule has 1 unspecified atom stereocenters. The number of aryl methyl sites for hydroxylation is 1. The van der Waals surface area contributed by atoms with Crippen LogP contribution in [0.3, 0.4) is 0 Å². The van der Waals surface area contributed by atoms with Crippen molar-refractivity contribution in [1.29, 1.82) is 5.26 Å². The van der Waals surface area contributed by atoms with Crippen LogP contribution in [0.4, 0.5) is 35.1 Å². The lowest BCUT2D eigenvalue weighted by molar-refractivity contribution is -0.161. The molecule has 17 heteroatoms. The molecule has 0 aliphatic heterocycles. The zero-order valence-corrected chi connectivity index (χ0v) is 22.0. The van der Waals surface area contributed by atoms with Gasteiger partial charge in [0.2, 0.25) is 11.7 Å². The Labute approximate surface area is 233 Å². The summed E-state index contributed by atoms with van der Waals surface area (Å²) in [6, 6.07) is 3.07. The summed E-state index contributed by atoms with van der Waals surface area (Å²) < 4.78 is 137. The number of hydrogen-bond acceptors (Lipinski definition) is 6. The van der Waals surface area contributed by atoms with Crippen LogP contribution in [0.15, 0.2) is 42.5 Å². The summed E-state index contributed by atoms with van der Waals surface area (Å²) in [6.07, 6.45) is -10.0. The van der Waals surface area contributed by atoms with E-state index in [1.807, 2.05) is 0 Å². The number of halogens is 8. The van der Waals surface area contributed by atoms with Crippen molar-refractivity contribution >= 4 is 26.8 Å². The number of rotatable bonds is 10. The minimum absolute atomic E-state index is 0.0546. The molecule has 0 radical (unpaired) electrons. The molecule has 4 rings (SSSR count). The zero-order chi connectivity index (χ0) is 31.1. The van der Waals surface area contributed by atoms with Crippen LogP contribution in [0.25, 0.3) is 11.0 Å². The third kappa shape index (κ3) is 6.98. The first-order chi connectivity index (χ1) is 19.4. The van der Waals surface area contributed by atoms with Crippen LogP contribution in [0, 0.1) is 23.0 Å². The topological polar surface area (TPSA) is 117 Å². The number of para-hydroxylation sites is 2. The molecule has 2 atom stereocenters. The lowest BCUT2D eigenvalue weighted by Gasteiger charge is -2.28. The first-order valence-electron chi connectivity index (χ1n) is 12.2. The lowest BCUT2D eigenvalue weighted by atomic mass is 10.0. The number of nitriles is 1. The van der Waals surface area contributed by atoms with Crippen LogP contribution in [0.2, 0.25) is 0 Å². The smallest absolute Gasteiger partial charge is 0.336 e. The predicted molar refractivity (Wildman–Crippen MR) is 131 cm³/mol. The minimum Gasteiger partial charge on any atom is -0.336 e. The van der Waals surface area contributed by atoms with Gasteiger partial charge < -0.3 is 9.88 Å². The molecule has 1 heterocycles. The van der Waals surface area contributed by atoms with Crippen LogP contribution in [0.5, 0.6) is 0 Å².